The molecule has 0 spiro atoms. The van der Waals surface area contributed by atoms with Gasteiger partial charge in [0.25, 0.3) is 5.78 Å². The number of benzene rings is 1. The molecular formula is C11H11F3O2. The molecule has 0 saturated heterocycles. The van der Waals surface area contributed by atoms with E-state index in [4.69, 9.17) is 4.74 Å². The highest BCUT2D eigenvalue weighted by molar-refractivity contribution is 6.03. The zero-order valence-corrected chi connectivity index (χ0v) is 9.11. The summed E-state index contributed by atoms with van der Waals surface area (Å²) in [4.78, 5) is 11.1. The van der Waals surface area contributed by atoms with Crippen LogP contribution in [-0.4, -0.2) is 19.1 Å². The Kier molecular flexibility index (Phi) is 3.26. The molecule has 0 aliphatic heterocycles. The largest absolute Gasteiger partial charge is 0.496 e. The fourth-order valence-electron chi connectivity index (χ4n) is 1.55. The quantitative estimate of drug-likeness (QED) is 0.732. The molecule has 1 aromatic carbocycles. The van der Waals surface area contributed by atoms with Crippen LogP contribution in [0.15, 0.2) is 12.1 Å². The Hall–Kier alpha value is -1.52. The summed E-state index contributed by atoms with van der Waals surface area (Å²) in [5, 5.41) is 0. The van der Waals surface area contributed by atoms with Gasteiger partial charge in [0, 0.05) is 0 Å². The van der Waals surface area contributed by atoms with Crippen LogP contribution in [0.1, 0.15) is 21.5 Å². The van der Waals surface area contributed by atoms with Gasteiger partial charge in [-0.15, -0.1) is 0 Å². The Morgan fingerprint density at radius 1 is 1.25 bits per heavy atom. The van der Waals surface area contributed by atoms with E-state index < -0.39 is 17.5 Å². The molecule has 16 heavy (non-hydrogen) atoms. The molecule has 0 amide bonds. The SMILES string of the molecule is COc1c(C)cc(C)cc1C(=O)C(F)(F)F. The van der Waals surface area contributed by atoms with Gasteiger partial charge in [-0.1, -0.05) is 6.07 Å². The topological polar surface area (TPSA) is 26.3 Å². The summed E-state index contributed by atoms with van der Waals surface area (Å²) in [6.07, 6.45) is -4.88. The van der Waals surface area contributed by atoms with E-state index in [1.807, 2.05) is 0 Å². The molecule has 0 unspecified atom stereocenters. The van der Waals surface area contributed by atoms with Crippen molar-refractivity contribution >= 4 is 5.78 Å². The van der Waals surface area contributed by atoms with E-state index in [0.29, 0.717) is 11.1 Å². The first-order valence-corrected chi connectivity index (χ1v) is 4.54. The maximum atomic E-state index is 12.3. The Morgan fingerprint density at radius 2 is 1.81 bits per heavy atom. The van der Waals surface area contributed by atoms with Crippen LogP contribution in [-0.2, 0) is 0 Å². The highest BCUT2D eigenvalue weighted by Gasteiger charge is 2.41. The number of rotatable bonds is 2. The number of hydrogen-bond acceptors (Lipinski definition) is 2. The van der Waals surface area contributed by atoms with Gasteiger partial charge < -0.3 is 4.74 Å². The van der Waals surface area contributed by atoms with E-state index in [1.54, 1.807) is 19.9 Å². The predicted molar refractivity (Wildman–Crippen MR) is 52.9 cm³/mol. The van der Waals surface area contributed by atoms with Crippen LogP contribution in [0, 0.1) is 13.8 Å². The van der Waals surface area contributed by atoms with Crippen molar-refractivity contribution in [3.05, 3.63) is 28.8 Å². The van der Waals surface area contributed by atoms with Crippen molar-refractivity contribution in [1.29, 1.82) is 0 Å². The summed E-state index contributed by atoms with van der Waals surface area (Å²) in [7, 11) is 1.24. The van der Waals surface area contributed by atoms with Crippen molar-refractivity contribution in [2.24, 2.45) is 0 Å². The minimum atomic E-state index is -4.88. The maximum Gasteiger partial charge on any atom is 0.455 e. The van der Waals surface area contributed by atoms with Gasteiger partial charge >= 0.3 is 6.18 Å². The van der Waals surface area contributed by atoms with Gasteiger partial charge in [0.05, 0.1) is 12.7 Å². The first kappa shape index (κ1) is 12.5. The average molecular weight is 232 g/mol. The second kappa shape index (κ2) is 4.15. The third-order valence-electron chi connectivity index (χ3n) is 2.13. The van der Waals surface area contributed by atoms with Gasteiger partial charge in [-0.3, -0.25) is 4.79 Å². The van der Waals surface area contributed by atoms with E-state index in [2.05, 4.69) is 0 Å². The van der Waals surface area contributed by atoms with Gasteiger partial charge in [0.15, 0.2) is 0 Å². The molecular weight excluding hydrogens is 221 g/mol. The first-order valence-electron chi connectivity index (χ1n) is 4.54. The molecule has 0 atom stereocenters. The fourth-order valence-corrected chi connectivity index (χ4v) is 1.55. The van der Waals surface area contributed by atoms with Crippen LogP contribution in [0.2, 0.25) is 0 Å². The van der Waals surface area contributed by atoms with Crippen LogP contribution >= 0.6 is 0 Å². The summed E-state index contributed by atoms with van der Waals surface area (Å²) in [6, 6.07) is 2.84. The second-order valence-corrected chi connectivity index (χ2v) is 3.49. The number of methoxy groups -OCH3 is 1. The number of carbonyl (C=O) groups excluding carboxylic acids is 1. The van der Waals surface area contributed by atoms with E-state index in [0.717, 1.165) is 0 Å². The smallest absolute Gasteiger partial charge is 0.455 e. The van der Waals surface area contributed by atoms with Gasteiger partial charge in [-0.05, 0) is 31.0 Å². The molecule has 0 saturated carbocycles. The number of halogens is 3. The van der Waals surface area contributed by atoms with Gasteiger partial charge in [0.1, 0.15) is 5.75 Å². The molecule has 0 N–H and O–H groups in total. The molecule has 88 valence electrons. The van der Waals surface area contributed by atoms with E-state index >= 15 is 0 Å². The highest BCUT2D eigenvalue weighted by Crippen LogP contribution is 2.31. The molecule has 2 nitrogen and oxygen atoms in total. The minimum Gasteiger partial charge on any atom is -0.496 e. The fraction of sp³-hybridized carbons (Fsp3) is 0.364. The third-order valence-corrected chi connectivity index (χ3v) is 2.13. The first-order chi connectivity index (χ1) is 7.27. The lowest BCUT2D eigenvalue weighted by molar-refractivity contribution is -0.0886. The van der Waals surface area contributed by atoms with Crippen molar-refractivity contribution < 1.29 is 22.7 Å². The number of ether oxygens (including phenoxy) is 1. The number of carbonyl (C=O) groups is 1. The normalized spacial score (nSPS) is 11.4. The van der Waals surface area contributed by atoms with Gasteiger partial charge in [0.2, 0.25) is 0 Å². The zero-order chi connectivity index (χ0) is 12.5. The summed E-state index contributed by atoms with van der Waals surface area (Å²) in [5.74, 6) is -1.90. The van der Waals surface area contributed by atoms with Crippen LogP contribution in [0.4, 0.5) is 13.2 Å². The molecule has 0 aromatic heterocycles. The molecule has 5 heteroatoms. The van der Waals surface area contributed by atoms with E-state index in [1.165, 1.54) is 13.2 Å². The number of aryl methyl sites for hydroxylation is 2. The number of Topliss-reactive ketones (excluding diaryl/α,β-unsaturated/α-hetero) is 1. The van der Waals surface area contributed by atoms with Crippen molar-refractivity contribution in [2.45, 2.75) is 20.0 Å². The number of hydrogen-bond donors (Lipinski definition) is 0. The predicted octanol–water partition coefficient (Wildman–Crippen LogP) is 3.06. The molecule has 0 fully saturated rings. The summed E-state index contributed by atoms with van der Waals surface area (Å²) in [6.45, 7) is 3.22. The van der Waals surface area contributed by atoms with Crippen LogP contribution in [0.3, 0.4) is 0 Å². The Bertz CT molecular complexity index is 422. The maximum absolute atomic E-state index is 12.3. The van der Waals surface area contributed by atoms with Crippen molar-refractivity contribution in [2.75, 3.05) is 7.11 Å². The van der Waals surface area contributed by atoms with Gasteiger partial charge in [-0.25, -0.2) is 0 Å². The number of alkyl halides is 3. The minimum absolute atomic E-state index is 0.0204. The summed E-state index contributed by atoms with van der Waals surface area (Å²) in [5.41, 5.74) is 0.661. The van der Waals surface area contributed by atoms with Crippen LogP contribution in [0.5, 0.6) is 5.75 Å². The highest BCUT2D eigenvalue weighted by atomic mass is 19.4. The van der Waals surface area contributed by atoms with Crippen LogP contribution < -0.4 is 4.74 Å². The van der Waals surface area contributed by atoms with Gasteiger partial charge in [-0.2, -0.15) is 13.2 Å². The average Bonchev–Trinajstić information content (AvgIpc) is 2.14. The van der Waals surface area contributed by atoms with Crippen molar-refractivity contribution in [1.82, 2.24) is 0 Å². The van der Waals surface area contributed by atoms with Crippen LogP contribution in [0.25, 0.3) is 0 Å². The molecule has 1 rings (SSSR count). The Morgan fingerprint density at radius 3 is 2.25 bits per heavy atom. The lowest BCUT2D eigenvalue weighted by Crippen LogP contribution is -2.23. The Balaban J connectivity index is 3.38. The summed E-state index contributed by atoms with van der Waals surface area (Å²) < 4.78 is 41.8. The third kappa shape index (κ3) is 2.35. The molecule has 0 radical (unpaired) electrons. The van der Waals surface area contributed by atoms with E-state index in [-0.39, 0.29) is 5.75 Å². The lowest BCUT2D eigenvalue weighted by atomic mass is 10.0. The number of ketones is 1. The Labute approximate surface area is 91.0 Å². The molecule has 0 aliphatic rings. The summed E-state index contributed by atoms with van der Waals surface area (Å²) >= 11 is 0. The molecule has 0 heterocycles. The van der Waals surface area contributed by atoms with E-state index in [9.17, 15) is 18.0 Å². The van der Waals surface area contributed by atoms with Crippen molar-refractivity contribution in [3.8, 4) is 5.75 Å². The van der Waals surface area contributed by atoms with Crippen molar-refractivity contribution in [3.63, 3.8) is 0 Å². The lowest BCUT2D eigenvalue weighted by Gasteiger charge is -2.13. The standard InChI is InChI=1S/C11H11F3O2/c1-6-4-7(2)9(16-3)8(5-6)10(15)11(12,13)14/h4-5H,1-3H3. The zero-order valence-electron chi connectivity index (χ0n) is 9.11. The monoisotopic (exact) mass is 232 g/mol. The molecule has 0 bridgehead atoms. The second-order valence-electron chi connectivity index (χ2n) is 3.49. The molecule has 0 aliphatic carbocycles. The molecule has 1 aromatic rings.